The quantitative estimate of drug-likeness (QED) is 0.0625. The van der Waals surface area contributed by atoms with Crippen LogP contribution in [0.15, 0.2) is 242 Å². The third kappa shape index (κ3) is 6.03. The number of fused-ring (bicyclic) bond motifs is 16. The van der Waals surface area contributed by atoms with E-state index in [-0.39, 0.29) is 0 Å². The summed E-state index contributed by atoms with van der Waals surface area (Å²) in [4.78, 5) is 5.08. The molecule has 3 heteroatoms. The lowest BCUT2D eigenvalue weighted by Gasteiger charge is -2.49. The monoisotopic (exact) mass is 825 g/mol. The second kappa shape index (κ2) is 16.6. The van der Waals surface area contributed by atoms with E-state index in [1.807, 2.05) is 44.2 Å². The van der Waals surface area contributed by atoms with Crippen molar-refractivity contribution in [3.8, 4) is 33.4 Å². The Morgan fingerprint density at radius 1 is 0.547 bits per heavy atom. The molecule has 3 aliphatic carbocycles. The van der Waals surface area contributed by atoms with Gasteiger partial charge < -0.3 is 11.1 Å². The second-order valence-corrected chi connectivity index (χ2v) is 16.7. The average molecular weight is 826 g/mol. The predicted molar refractivity (Wildman–Crippen MR) is 269 cm³/mol. The molecule has 0 amide bonds. The van der Waals surface area contributed by atoms with Crippen LogP contribution in [0.4, 0.5) is 0 Å². The van der Waals surface area contributed by atoms with Gasteiger partial charge in [-0.25, -0.2) is 0 Å². The summed E-state index contributed by atoms with van der Waals surface area (Å²) in [5.41, 5.74) is 26.7. The normalized spacial score (nSPS) is 15.6. The van der Waals surface area contributed by atoms with Gasteiger partial charge in [0.25, 0.3) is 0 Å². The zero-order valence-electron chi connectivity index (χ0n) is 36.4. The van der Waals surface area contributed by atoms with E-state index in [2.05, 4.69) is 188 Å². The number of hydrogen-bond acceptors (Lipinski definition) is 2. The number of hydrogen-bond donors (Lipinski definition) is 2. The van der Waals surface area contributed by atoms with Gasteiger partial charge in [0.1, 0.15) is 12.0 Å². The molecule has 310 valence electrons. The molecule has 0 saturated carbocycles. The maximum atomic E-state index is 7.23. The third-order valence-electron chi connectivity index (χ3n) is 13.4. The fourth-order valence-electron chi connectivity index (χ4n) is 11.1. The van der Waals surface area contributed by atoms with Crippen LogP contribution in [0.25, 0.3) is 33.4 Å². The number of aliphatic imine (C=N–C) groups is 1. The van der Waals surface area contributed by atoms with Crippen molar-refractivity contribution in [2.24, 2.45) is 10.7 Å². The van der Waals surface area contributed by atoms with Crippen LogP contribution < -0.4 is 11.1 Å². The van der Waals surface area contributed by atoms with Crippen molar-refractivity contribution in [1.29, 1.82) is 0 Å². The first-order valence-corrected chi connectivity index (χ1v) is 22.2. The maximum absolute atomic E-state index is 7.23. The highest BCUT2D eigenvalue weighted by Crippen LogP contribution is 2.68. The highest BCUT2D eigenvalue weighted by Gasteiger charge is 2.59. The molecule has 7 aromatic rings. The highest BCUT2D eigenvalue weighted by molar-refractivity contribution is 6.01. The zero-order valence-corrected chi connectivity index (χ0v) is 36.4. The fraction of sp³-hybridized carbons (Fsp3) is 0.0984. The number of nitrogens with one attached hydrogen (secondary N) is 1. The lowest BCUT2D eigenvalue weighted by atomic mass is 9.51. The first-order valence-electron chi connectivity index (χ1n) is 22.2. The van der Waals surface area contributed by atoms with Gasteiger partial charge in [0.15, 0.2) is 0 Å². The van der Waals surface area contributed by atoms with Crippen molar-refractivity contribution < 1.29 is 0 Å². The van der Waals surface area contributed by atoms with E-state index in [9.17, 15) is 0 Å². The standard InChI is InChI=1S/C61H51N3/c1-5-21-41(22-6-2)40-63-59(42(23-7-3)24-8-4)64-58(62)44-26-19-25-43(39-44)45-31-20-38-56-57(45)61(52-34-15-11-29-48(52)49-30-12-16-35-53(49)61)55-37-18-17-36-54(55)60(56)50-32-13-9-27-46(50)47-28-10-14-33-51(47)60/h5-39,58H,1,3,40,62H2,2,4H3,(H,63,64)/b22-6-,24-8-,41-21+,42-23+. The molecule has 10 rings (SSSR count). The smallest absolute Gasteiger partial charge is 0.130 e. The van der Waals surface area contributed by atoms with Crippen molar-refractivity contribution in [3.05, 3.63) is 287 Å². The summed E-state index contributed by atoms with van der Waals surface area (Å²) in [6.45, 7) is 12.4. The van der Waals surface area contributed by atoms with Gasteiger partial charge in [-0.15, -0.1) is 0 Å². The van der Waals surface area contributed by atoms with Crippen molar-refractivity contribution in [3.63, 3.8) is 0 Å². The van der Waals surface area contributed by atoms with E-state index in [0.29, 0.717) is 12.4 Å². The molecule has 0 bridgehead atoms. The number of benzene rings is 7. The first-order chi connectivity index (χ1) is 31.5. The minimum Gasteiger partial charge on any atom is -0.351 e. The Morgan fingerprint density at radius 2 is 1.02 bits per heavy atom. The summed E-state index contributed by atoms with van der Waals surface area (Å²) in [6.07, 6.45) is 15.0. The van der Waals surface area contributed by atoms with Crippen LogP contribution >= 0.6 is 0 Å². The molecule has 0 aliphatic heterocycles. The predicted octanol–water partition coefficient (Wildman–Crippen LogP) is 13.7. The SMILES string of the molecule is C=C/C=C(\C=C/C)CN=C(NC(N)c1cccc(-c2cccc3c2C2(c4ccccc4-c4ccccc42)c2ccccc2C32c3ccccc3-c3ccccc32)c1)C(/C=C\C)=C/C=C. The summed E-state index contributed by atoms with van der Waals surface area (Å²) >= 11 is 0. The van der Waals surface area contributed by atoms with E-state index in [1.54, 1.807) is 12.2 Å². The number of nitrogens with zero attached hydrogens (tertiary/aromatic N) is 1. The summed E-state index contributed by atoms with van der Waals surface area (Å²) in [5, 5.41) is 3.62. The molecule has 0 aromatic heterocycles. The van der Waals surface area contributed by atoms with Crippen molar-refractivity contribution in [2.45, 2.75) is 30.8 Å². The molecular formula is C61H51N3. The summed E-state index contributed by atoms with van der Waals surface area (Å²) in [5.74, 6) is 0.683. The van der Waals surface area contributed by atoms with E-state index in [0.717, 1.165) is 22.3 Å². The molecule has 3 aliphatic rings. The largest absolute Gasteiger partial charge is 0.351 e. The van der Waals surface area contributed by atoms with Crippen molar-refractivity contribution in [1.82, 2.24) is 5.32 Å². The average Bonchev–Trinajstić information content (AvgIpc) is 3.80. The molecule has 3 N–H and O–H groups in total. The van der Waals surface area contributed by atoms with Crippen LogP contribution in [0.5, 0.6) is 0 Å². The summed E-state index contributed by atoms with van der Waals surface area (Å²) in [7, 11) is 0. The number of allylic oxidation sites excluding steroid dienone is 6. The van der Waals surface area contributed by atoms with Gasteiger partial charge in [-0.05, 0) is 109 Å². The van der Waals surface area contributed by atoms with Gasteiger partial charge >= 0.3 is 0 Å². The Balaban J connectivity index is 1.23. The molecule has 7 aromatic carbocycles. The molecular weight excluding hydrogens is 775 g/mol. The van der Waals surface area contributed by atoms with Gasteiger partial charge in [0, 0.05) is 5.57 Å². The van der Waals surface area contributed by atoms with E-state index >= 15 is 0 Å². The minimum absolute atomic E-state index is 0.453. The van der Waals surface area contributed by atoms with E-state index < -0.39 is 17.0 Å². The number of amidine groups is 1. The van der Waals surface area contributed by atoms with Gasteiger partial charge in [-0.1, -0.05) is 219 Å². The topological polar surface area (TPSA) is 50.4 Å². The third-order valence-corrected chi connectivity index (χ3v) is 13.4. The van der Waals surface area contributed by atoms with Crippen LogP contribution in [0.3, 0.4) is 0 Å². The summed E-state index contributed by atoms with van der Waals surface area (Å²) in [6, 6.07) is 61.3. The molecule has 3 nitrogen and oxygen atoms in total. The van der Waals surface area contributed by atoms with Crippen LogP contribution in [0, 0.1) is 0 Å². The molecule has 2 spiro atoms. The lowest BCUT2D eigenvalue weighted by molar-refractivity contribution is 0.634. The second-order valence-electron chi connectivity index (χ2n) is 16.7. The molecule has 64 heavy (non-hydrogen) atoms. The van der Waals surface area contributed by atoms with Crippen LogP contribution in [-0.2, 0) is 10.8 Å². The minimum atomic E-state index is -0.621. The molecule has 1 atom stereocenters. The Bertz CT molecular complexity index is 3060. The maximum Gasteiger partial charge on any atom is 0.130 e. The Kier molecular flexibility index (Phi) is 10.5. The Labute approximate surface area is 377 Å². The molecule has 0 saturated heterocycles. The fourth-order valence-corrected chi connectivity index (χ4v) is 11.1. The van der Waals surface area contributed by atoms with Gasteiger partial charge in [-0.3, -0.25) is 4.99 Å². The Morgan fingerprint density at radius 3 is 1.56 bits per heavy atom. The Hall–Kier alpha value is -7.59. The molecule has 1 unspecified atom stereocenters. The van der Waals surface area contributed by atoms with Crippen LogP contribution in [0.1, 0.15) is 70.1 Å². The van der Waals surface area contributed by atoms with Crippen molar-refractivity contribution in [2.75, 3.05) is 6.54 Å². The highest BCUT2D eigenvalue weighted by atomic mass is 15.1. The van der Waals surface area contributed by atoms with E-state index in [4.69, 9.17) is 10.7 Å². The van der Waals surface area contributed by atoms with E-state index in [1.165, 1.54) is 72.3 Å². The molecule has 0 heterocycles. The first kappa shape index (κ1) is 40.5. The van der Waals surface area contributed by atoms with Gasteiger partial charge in [0.2, 0.25) is 0 Å². The lowest BCUT2D eigenvalue weighted by Crippen LogP contribution is -2.44. The van der Waals surface area contributed by atoms with Gasteiger partial charge in [0.05, 0.1) is 17.4 Å². The van der Waals surface area contributed by atoms with Gasteiger partial charge in [-0.2, -0.15) is 0 Å². The number of nitrogens with two attached hydrogens (primary N) is 1. The number of rotatable bonds is 10. The van der Waals surface area contributed by atoms with Crippen LogP contribution in [0.2, 0.25) is 0 Å². The molecule has 0 fully saturated rings. The zero-order chi connectivity index (χ0) is 43.8. The summed E-state index contributed by atoms with van der Waals surface area (Å²) < 4.78 is 0. The van der Waals surface area contributed by atoms with Crippen LogP contribution in [-0.4, -0.2) is 12.4 Å². The van der Waals surface area contributed by atoms with Crippen molar-refractivity contribution >= 4 is 5.84 Å². The molecule has 0 radical (unpaired) electrons.